The van der Waals surface area contributed by atoms with E-state index in [1.807, 2.05) is 66.9 Å². The fraction of sp³-hybridized carbons (Fsp3) is 0.188. The Morgan fingerprint density at radius 2 is 1.84 bits per heavy atom. The van der Waals surface area contributed by atoms with Gasteiger partial charge in [0.2, 0.25) is 0 Å². The van der Waals surface area contributed by atoms with Gasteiger partial charge in [-0.15, -0.1) is 0 Å². The lowest BCUT2D eigenvalue weighted by Crippen LogP contribution is -2.45. The Hall–Kier alpha value is -4.67. The highest BCUT2D eigenvalue weighted by molar-refractivity contribution is 7.80. The molecule has 2 heterocycles. The van der Waals surface area contributed by atoms with Crippen molar-refractivity contribution in [2.75, 3.05) is 13.2 Å². The molecular formula is C32H30ClN5O4S. The average Bonchev–Trinajstić information content (AvgIpc) is 3.34. The summed E-state index contributed by atoms with van der Waals surface area (Å²) in [7, 11) is 0. The number of thiocarbonyl (C=S) groups is 1. The standard InChI is InChI=1S/C32H30ClN5O4S/c1-3-41-31(40)29-20(2)35-32(43)36-30(29)25-9-5-7-11-27(25)42-19-28(39)37-34-16-22-18-38(26-10-6-4-8-24(22)26)17-21-12-14-23(33)15-13-21/h4-16,18,30H,3,17,19H2,1-2H3,(H,37,39)(H2,35,36,43)/t30-/m0/s1. The van der Waals surface area contributed by atoms with Gasteiger partial charge in [0.1, 0.15) is 5.75 Å². The average molecular weight is 616 g/mol. The van der Waals surface area contributed by atoms with Gasteiger partial charge in [0.25, 0.3) is 5.91 Å². The van der Waals surface area contributed by atoms with E-state index in [0.29, 0.717) is 39.3 Å². The van der Waals surface area contributed by atoms with E-state index in [4.69, 9.17) is 33.3 Å². The summed E-state index contributed by atoms with van der Waals surface area (Å²) in [5, 5.41) is 12.3. The number of allylic oxidation sites excluding steroid dienone is 1. The number of hydrogen-bond donors (Lipinski definition) is 3. The van der Waals surface area contributed by atoms with Gasteiger partial charge in [-0.2, -0.15) is 5.10 Å². The fourth-order valence-corrected chi connectivity index (χ4v) is 5.30. The maximum Gasteiger partial charge on any atom is 0.338 e. The molecular weight excluding hydrogens is 586 g/mol. The number of fused-ring (bicyclic) bond motifs is 1. The molecule has 1 aliphatic rings. The zero-order valence-electron chi connectivity index (χ0n) is 23.6. The maximum absolute atomic E-state index is 12.8. The smallest absolute Gasteiger partial charge is 0.338 e. The van der Waals surface area contributed by atoms with Crippen molar-refractivity contribution in [2.45, 2.75) is 26.4 Å². The minimum atomic E-state index is -0.615. The zero-order chi connectivity index (χ0) is 30.3. The predicted molar refractivity (Wildman–Crippen MR) is 171 cm³/mol. The van der Waals surface area contributed by atoms with E-state index >= 15 is 0 Å². The minimum absolute atomic E-state index is 0.231. The number of rotatable bonds is 10. The first-order valence-corrected chi connectivity index (χ1v) is 14.4. The van der Waals surface area contributed by atoms with Gasteiger partial charge in [-0.25, -0.2) is 10.2 Å². The highest BCUT2D eigenvalue weighted by Gasteiger charge is 2.32. The van der Waals surface area contributed by atoms with Gasteiger partial charge in [0.15, 0.2) is 11.7 Å². The van der Waals surface area contributed by atoms with Crippen LogP contribution >= 0.6 is 23.8 Å². The molecule has 0 bridgehead atoms. The van der Waals surface area contributed by atoms with Crippen LogP contribution in [0.15, 0.2) is 95.4 Å². The molecule has 0 spiro atoms. The minimum Gasteiger partial charge on any atom is -0.483 e. The van der Waals surface area contributed by atoms with E-state index in [2.05, 4.69) is 25.7 Å². The van der Waals surface area contributed by atoms with Crippen molar-refractivity contribution in [3.05, 3.63) is 112 Å². The number of nitrogens with zero attached hydrogens (tertiary/aromatic N) is 2. The molecule has 1 aromatic heterocycles. The van der Waals surface area contributed by atoms with E-state index in [-0.39, 0.29) is 13.2 Å². The molecule has 9 nitrogen and oxygen atoms in total. The van der Waals surface area contributed by atoms with Crippen LogP contribution in [-0.4, -0.2) is 41.0 Å². The van der Waals surface area contributed by atoms with Crippen molar-refractivity contribution in [2.24, 2.45) is 5.10 Å². The van der Waals surface area contributed by atoms with Crippen molar-refractivity contribution < 1.29 is 19.1 Å². The highest BCUT2D eigenvalue weighted by Crippen LogP contribution is 2.33. The summed E-state index contributed by atoms with van der Waals surface area (Å²) < 4.78 is 13.3. The third kappa shape index (κ3) is 7.04. The van der Waals surface area contributed by atoms with Gasteiger partial charge >= 0.3 is 5.97 Å². The van der Waals surface area contributed by atoms with Crippen LogP contribution in [0.5, 0.6) is 5.75 Å². The van der Waals surface area contributed by atoms with Gasteiger partial charge in [0.05, 0.1) is 24.4 Å². The van der Waals surface area contributed by atoms with Gasteiger partial charge in [0, 0.05) is 45.5 Å². The Morgan fingerprint density at radius 3 is 2.63 bits per heavy atom. The van der Waals surface area contributed by atoms with E-state index in [1.54, 1.807) is 32.2 Å². The summed E-state index contributed by atoms with van der Waals surface area (Å²) in [6.07, 6.45) is 3.61. The summed E-state index contributed by atoms with van der Waals surface area (Å²) in [5.41, 5.74) is 7.16. The lowest BCUT2D eigenvalue weighted by Gasteiger charge is -2.30. The number of carbonyl (C=O) groups is 2. The van der Waals surface area contributed by atoms with E-state index in [1.165, 1.54) is 0 Å². The van der Waals surface area contributed by atoms with Crippen LogP contribution in [0.1, 0.15) is 36.6 Å². The molecule has 1 aliphatic heterocycles. The van der Waals surface area contributed by atoms with Crippen molar-refractivity contribution >= 4 is 57.9 Å². The molecule has 0 saturated heterocycles. The highest BCUT2D eigenvalue weighted by atomic mass is 35.5. The van der Waals surface area contributed by atoms with Crippen molar-refractivity contribution in [3.63, 3.8) is 0 Å². The molecule has 3 N–H and O–H groups in total. The number of carbonyl (C=O) groups excluding carboxylic acids is 2. The Balaban J connectivity index is 1.27. The van der Waals surface area contributed by atoms with Crippen LogP contribution in [0.25, 0.3) is 10.9 Å². The summed E-state index contributed by atoms with van der Waals surface area (Å²) in [5.74, 6) is -0.491. The normalized spacial score (nSPS) is 14.9. The number of ether oxygens (including phenoxy) is 2. The molecule has 220 valence electrons. The fourth-order valence-electron chi connectivity index (χ4n) is 4.90. The lowest BCUT2D eigenvalue weighted by atomic mass is 9.95. The number of para-hydroxylation sites is 2. The van der Waals surface area contributed by atoms with Crippen LogP contribution in [0.2, 0.25) is 5.02 Å². The van der Waals surface area contributed by atoms with Gasteiger partial charge in [-0.3, -0.25) is 4.79 Å². The predicted octanol–water partition coefficient (Wildman–Crippen LogP) is 5.23. The third-order valence-electron chi connectivity index (χ3n) is 6.83. The Bertz CT molecular complexity index is 1730. The lowest BCUT2D eigenvalue weighted by molar-refractivity contribution is -0.139. The van der Waals surface area contributed by atoms with Crippen LogP contribution in [0, 0.1) is 0 Å². The number of esters is 1. The first-order valence-electron chi connectivity index (χ1n) is 13.7. The molecule has 0 saturated carbocycles. The van der Waals surface area contributed by atoms with Crippen LogP contribution in [0.4, 0.5) is 0 Å². The summed E-state index contributed by atoms with van der Waals surface area (Å²) in [6.45, 7) is 4.10. The van der Waals surface area contributed by atoms with Crippen molar-refractivity contribution in [1.29, 1.82) is 0 Å². The number of hydrogen-bond acceptors (Lipinski definition) is 6. The van der Waals surface area contributed by atoms with Gasteiger partial charge < -0.3 is 24.7 Å². The van der Waals surface area contributed by atoms with Crippen LogP contribution < -0.4 is 20.8 Å². The molecule has 0 aliphatic carbocycles. The topological polar surface area (TPSA) is 106 Å². The maximum atomic E-state index is 12.8. The largest absolute Gasteiger partial charge is 0.483 e. The Kier molecular flexibility index (Phi) is 9.38. The molecule has 1 atom stereocenters. The quantitative estimate of drug-likeness (QED) is 0.0971. The van der Waals surface area contributed by atoms with Crippen LogP contribution in [-0.2, 0) is 20.9 Å². The molecule has 1 amide bonds. The number of nitrogens with one attached hydrogen (secondary N) is 3. The number of aromatic nitrogens is 1. The molecule has 4 aromatic rings. The van der Waals surface area contributed by atoms with E-state index in [0.717, 1.165) is 22.0 Å². The summed E-state index contributed by atoms with van der Waals surface area (Å²) >= 11 is 11.4. The molecule has 0 fully saturated rings. The second kappa shape index (κ2) is 13.5. The van der Waals surface area contributed by atoms with Gasteiger partial charge in [-0.1, -0.05) is 60.1 Å². The molecule has 3 aromatic carbocycles. The molecule has 11 heteroatoms. The number of amides is 1. The number of benzene rings is 3. The second-order valence-electron chi connectivity index (χ2n) is 9.77. The van der Waals surface area contributed by atoms with Crippen LogP contribution in [0.3, 0.4) is 0 Å². The first kappa shape index (κ1) is 29.8. The SMILES string of the molecule is CCOC(=O)C1=C(C)NC(=S)N[C@H]1c1ccccc1OCC(=O)NN=Cc1cn(Cc2ccc(Cl)cc2)c2ccccc12. The number of halogens is 1. The molecule has 43 heavy (non-hydrogen) atoms. The molecule has 0 unspecified atom stereocenters. The molecule has 5 rings (SSSR count). The Labute approximate surface area is 259 Å². The number of hydrazone groups is 1. The van der Waals surface area contributed by atoms with E-state index < -0.39 is 17.9 Å². The summed E-state index contributed by atoms with van der Waals surface area (Å²) in [4.78, 5) is 25.5. The summed E-state index contributed by atoms with van der Waals surface area (Å²) in [6, 6.07) is 22.3. The van der Waals surface area contributed by atoms with Gasteiger partial charge in [-0.05, 0) is 55.9 Å². The third-order valence-corrected chi connectivity index (χ3v) is 7.30. The van der Waals surface area contributed by atoms with E-state index in [9.17, 15) is 9.59 Å². The Morgan fingerprint density at radius 1 is 1.09 bits per heavy atom. The second-order valence-corrected chi connectivity index (χ2v) is 10.6. The first-order chi connectivity index (χ1) is 20.8. The van der Waals surface area contributed by atoms with Crippen molar-refractivity contribution in [1.82, 2.24) is 20.6 Å². The monoisotopic (exact) mass is 615 g/mol. The van der Waals surface area contributed by atoms with Crippen molar-refractivity contribution in [3.8, 4) is 5.75 Å². The molecule has 0 radical (unpaired) electrons. The zero-order valence-corrected chi connectivity index (χ0v) is 25.2.